The highest BCUT2D eigenvalue weighted by Gasteiger charge is 2.54. The first kappa shape index (κ1) is 19.6. The fourth-order valence-corrected chi connectivity index (χ4v) is 8.18. The molecule has 0 aliphatic heterocycles. The minimum atomic E-state index is 0.161. The molecular formula is C4I9. The predicted octanol–water partition coefficient (Wildman–Crippen LogP) is 7.44. The highest BCUT2D eigenvalue weighted by molar-refractivity contribution is 14.3. The molecule has 0 spiro atoms. The van der Waals surface area contributed by atoms with Crippen LogP contribution in [0.1, 0.15) is 0 Å². The Balaban J connectivity index is 4.86. The second-order valence-corrected chi connectivity index (χ2v) is 30.4. The maximum Gasteiger partial charge on any atom is 0.149 e. The zero-order valence-electron chi connectivity index (χ0n) is 5.40. The quantitative estimate of drug-likeness (QED) is 0.204. The van der Waals surface area contributed by atoms with Gasteiger partial charge in [-0.25, -0.2) is 0 Å². The van der Waals surface area contributed by atoms with Crippen LogP contribution in [-0.2, 0) is 0 Å². The van der Waals surface area contributed by atoms with E-state index in [1.807, 2.05) is 0 Å². The van der Waals surface area contributed by atoms with Gasteiger partial charge in [0.2, 0.25) is 0 Å². The lowest BCUT2D eigenvalue weighted by Gasteiger charge is -2.37. The van der Waals surface area contributed by atoms with Gasteiger partial charge in [-0.3, -0.25) is 0 Å². The zero-order valence-corrected chi connectivity index (χ0v) is 24.8. The van der Waals surface area contributed by atoms with Gasteiger partial charge >= 0.3 is 0 Å². The Hall–Kier alpha value is 6.57. The molecule has 9 heteroatoms. The first-order valence-corrected chi connectivity index (χ1v) is 12.2. The van der Waals surface area contributed by atoms with E-state index >= 15 is 0 Å². The Morgan fingerprint density at radius 2 is 1.00 bits per heavy atom. The highest BCUT2D eigenvalue weighted by Crippen LogP contribution is 2.66. The molecular weight excluding hydrogens is 1190 g/mol. The molecule has 0 aliphatic carbocycles. The molecule has 0 rings (SSSR count). The van der Waals surface area contributed by atoms with Gasteiger partial charge in [0.25, 0.3) is 0 Å². The Morgan fingerprint density at radius 3 is 1.08 bits per heavy atom. The Kier molecular flexibility index (Phi) is 11.4. The molecule has 79 valence electrons. The summed E-state index contributed by atoms with van der Waals surface area (Å²) in [4.78, 5) is 0. The van der Waals surface area contributed by atoms with Crippen molar-refractivity contribution in [1.29, 1.82) is 0 Å². The average molecular weight is 1190 g/mol. The van der Waals surface area contributed by atoms with Crippen molar-refractivity contribution in [3.8, 4) is 0 Å². The number of halogens is 9. The summed E-state index contributed by atoms with van der Waals surface area (Å²) < 4.78 is 2.01. The van der Waals surface area contributed by atoms with Crippen molar-refractivity contribution >= 4 is 203 Å². The molecule has 0 aliphatic rings. The normalized spacial score (nSPS) is 15.2. The monoisotopic (exact) mass is 1190 g/mol. The van der Waals surface area contributed by atoms with Crippen LogP contribution in [0.4, 0.5) is 0 Å². The van der Waals surface area contributed by atoms with Gasteiger partial charge in [0.05, 0.1) is 0 Å². The number of hydrogen-bond acceptors (Lipinski definition) is 0. The standard InChI is InChI=1S/C4I9/c5-1(3(8,9)10)2(6,7)4(11,12)13. The number of hydrogen-bond donors (Lipinski definition) is 0. The van der Waals surface area contributed by atoms with E-state index in [4.69, 9.17) is 0 Å². The summed E-state index contributed by atoms with van der Waals surface area (Å²) in [5, 5.41) is 0. The van der Waals surface area contributed by atoms with Crippen molar-refractivity contribution in [3.63, 3.8) is 0 Å². The van der Waals surface area contributed by atoms with Gasteiger partial charge in [0.1, 0.15) is 4.22 Å². The van der Waals surface area contributed by atoms with Crippen LogP contribution in [0, 0.1) is 3.92 Å². The van der Waals surface area contributed by atoms with Gasteiger partial charge in [-0.15, -0.1) is 0 Å². The first-order valence-electron chi connectivity index (χ1n) is 2.45. The van der Waals surface area contributed by atoms with Crippen LogP contribution in [0.15, 0.2) is 0 Å². The second kappa shape index (κ2) is 7.54. The molecule has 0 amide bonds. The van der Waals surface area contributed by atoms with E-state index in [9.17, 15) is 0 Å². The van der Waals surface area contributed by atoms with Gasteiger partial charge in [-0.05, 0) is 0 Å². The smallest absolute Gasteiger partial charge is 0.0715 e. The van der Waals surface area contributed by atoms with Crippen LogP contribution in [0.25, 0.3) is 0 Å². The molecule has 0 heterocycles. The molecule has 0 bridgehead atoms. The van der Waals surface area contributed by atoms with E-state index in [0.717, 1.165) is 0 Å². The molecule has 0 atom stereocenters. The van der Waals surface area contributed by atoms with Crippen molar-refractivity contribution in [2.45, 2.75) is 0.299 Å². The molecule has 0 unspecified atom stereocenters. The van der Waals surface area contributed by atoms with Gasteiger partial charge in [0.15, 0.2) is 0 Å². The Labute approximate surface area is 201 Å². The third-order valence-corrected chi connectivity index (χ3v) is 20.6. The summed E-state index contributed by atoms with van der Waals surface area (Å²) in [6.45, 7) is 0. The average Bonchev–Trinajstić information content (AvgIpc) is 1.81. The minimum Gasteiger partial charge on any atom is -0.0715 e. The van der Waals surface area contributed by atoms with E-state index in [-0.39, 0.29) is 0.299 Å². The molecule has 0 saturated carbocycles. The Morgan fingerprint density at radius 1 is 0.692 bits per heavy atom. The van der Waals surface area contributed by atoms with Gasteiger partial charge in [-0.1, -0.05) is 203 Å². The number of rotatable bonds is 3. The van der Waals surface area contributed by atoms with Gasteiger partial charge in [0, 0.05) is 0 Å². The highest BCUT2D eigenvalue weighted by atomic mass is 127. The van der Waals surface area contributed by atoms with Gasteiger partial charge < -0.3 is 0 Å². The summed E-state index contributed by atoms with van der Waals surface area (Å²) in [5.41, 5.74) is 0. The molecule has 0 aromatic heterocycles. The summed E-state index contributed by atoms with van der Waals surface area (Å²) >= 11 is 22.5. The first-order chi connectivity index (χ1) is 5.40. The van der Waals surface area contributed by atoms with Crippen LogP contribution >= 0.6 is 203 Å². The second-order valence-electron chi connectivity index (χ2n) is 1.88. The maximum absolute atomic E-state index is 2.54. The molecule has 0 N–H and O–H groups in total. The van der Waals surface area contributed by atoms with E-state index in [1.54, 1.807) is 0 Å². The van der Waals surface area contributed by atoms with Crippen LogP contribution in [0.3, 0.4) is 0 Å². The van der Waals surface area contributed by atoms with Crippen molar-refractivity contribution in [2.75, 3.05) is 0 Å². The molecule has 0 fully saturated rings. The maximum atomic E-state index is 2.54. The SMILES string of the molecule is I[C](C(I)(I)I)C(I)(I)C(I)(I)I. The van der Waals surface area contributed by atoms with Crippen LogP contribution < -0.4 is 0 Å². The largest absolute Gasteiger partial charge is 0.149 e. The molecule has 0 aromatic rings. The lowest BCUT2D eigenvalue weighted by molar-refractivity contribution is 1.11. The van der Waals surface area contributed by atoms with E-state index in [1.165, 1.54) is 3.92 Å². The summed E-state index contributed by atoms with van der Waals surface area (Å²) in [6, 6.07) is 0. The summed E-state index contributed by atoms with van der Waals surface area (Å²) in [5.74, 6) is 0. The number of alkyl halides is 8. The Bertz CT molecular complexity index is 173. The molecule has 0 aromatic carbocycles. The molecule has 0 nitrogen and oxygen atoms in total. The molecule has 13 heavy (non-hydrogen) atoms. The molecule has 0 saturated heterocycles. The third kappa shape index (κ3) is 6.71. The molecule has 1 radical (unpaired) electrons. The van der Waals surface area contributed by atoms with Crippen LogP contribution in [-0.4, -0.2) is 0.299 Å². The van der Waals surface area contributed by atoms with E-state index < -0.39 is 0 Å². The third-order valence-electron chi connectivity index (χ3n) is 0.881. The van der Waals surface area contributed by atoms with E-state index in [0.29, 0.717) is 0 Å². The van der Waals surface area contributed by atoms with Crippen molar-refractivity contribution in [3.05, 3.63) is 3.92 Å². The van der Waals surface area contributed by atoms with Crippen molar-refractivity contribution in [1.82, 2.24) is 0 Å². The van der Waals surface area contributed by atoms with E-state index in [2.05, 4.69) is 203 Å². The topological polar surface area (TPSA) is 0 Å². The van der Waals surface area contributed by atoms with Crippen LogP contribution in [0.2, 0.25) is 0 Å². The van der Waals surface area contributed by atoms with Gasteiger partial charge in [-0.2, -0.15) is 0 Å². The van der Waals surface area contributed by atoms with Crippen LogP contribution in [0.5, 0.6) is 0 Å². The lowest BCUT2D eigenvalue weighted by Crippen LogP contribution is -2.37. The fourth-order valence-electron chi connectivity index (χ4n) is 0.302. The summed E-state index contributed by atoms with van der Waals surface area (Å²) in [6.07, 6.45) is 0. The summed E-state index contributed by atoms with van der Waals surface area (Å²) in [7, 11) is 0. The predicted molar refractivity (Wildman–Crippen MR) is 138 cm³/mol. The minimum absolute atomic E-state index is 0.161. The zero-order chi connectivity index (χ0) is 11.1. The van der Waals surface area contributed by atoms with Crippen molar-refractivity contribution < 1.29 is 0 Å². The van der Waals surface area contributed by atoms with Crippen molar-refractivity contribution in [2.24, 2.45) is 0 Å². The fraction of sp³-hybridized carbons (Fsp3) is 0.750. The lowest BCUT2D eigenvalue weighted by atomic mass is 10.4.